The van der Waals surface area contributed by atoms with E-state index in [2.05, 4.69) is 24.1 Å². The summed E-state index contributed by atoms with van der Waals surface area (Å²) in [5.74, 6) is 1.72. The number of nitrogens with zero attached hydrogens (tertiary/aromatic N) is 2. The summed E-state index contributed by atoms with van der Waals surface area (Å²) in [6.45, 7) is 6.67. The first-order valence-corrected chi connectivity index (χ1v) is 8.89. The number of nitrogens with one attached hydrogen (secondary N) is 1. The molecule has 0 bridgehead atoms. The molecule has 0 aliphatic carbocycles. The highest BCUT2D eigenvalue weighted by Gasteiger charge is 2.12. The lowest BCUT2D eigenvalue weighted by atomic mass is 10.2. The van der Waals surface area contributed by atoms with Gasteiger partial charge in [-0.2, -0.15) is 0 Å². The topological polar surface area (TPSA) is 56.1 Å². The van der Waals surface area contributed by atoms with Crippen molar-refractivity contribution in [1.29, 1.82) is 0 Å². The molecule has 1 amide bonds. The fraction of sp³-hybridized carbons (Fsp3) is 0.300. The normalized spacial score (nSPS) is 11.2. The number of halogens is 1. The van der Waals surface area contributed by atoms with E-state index in [1.54, 1.807) is 30.3 Å². The molecular weight excluding hydrogens is 350 g/mol. The summed E-state index contributed by atoms with van der Waals surface area (Å²) in [4.78, 5) is 17.0. The van der Waals surface area contributed by atoms with Crippen LogP contribution in [0.15, 0.2) is 36.4 Å². The van der Waals surface area contributed by atoms with Gasteiger partial charge >= 0.3 is 0 Å². The third kappa shape index (κ3) is 3.83. The van der Waals surface area contributed by atoms with E-state index in [1.165, 1.54) is 0 Å². The lowest BCUT2D eigenvalue weighted by Crippen LogP contribution is -2.12. The quantitative estimate of drug-likeness (QED) is 0.699. The zero-order valence-corrected chi connectivity index (χ0v) is 16.1. The SMILES string of the molecule is Cc1nc2cc(C(=O)Nc3ccc(OCC(C)C)c(Cl)c3)ccc2n1C. The number of amides is 1. The Morgan fingerprint density at radius 1 is 1.27 bits per heavy atom. The van der Waals surface area contributed by atoms with Gasteiger partial charge in [-0.1, -0.05) is 25.4 Å². The summed E-state index contributed by atoms with van der Waals surface area (Å²) in [6, 6.07) is 10.7. The number of carbonyl (C=O) groups excluding carboxylic acids is 1. The third-order valence-electron chi connectivity index (χ3n) is 4.13. The molecule has 3 aromatic rings. The van der Waals surface area contributed by atoms with Crippen LogP contribution in [0, 0.1) is 12.8 Å². The molecule has 0 aliphatic heterocycles. The van der Waals surface area contributed by atoms with Gasteiger partial charge in [0.15, 0.2) is 0 Å². The molecule has 26 heavy (non-hydrogen) atoms. The molecule has 0 atom stereocenters. The summed E-state index contributed by atoms with van der Waals surface area (Å²) in [5.41, 5.74) is 2.96. The minimum Gasteiger partial charge on any atom is -0.492 e. The predicted molar refractivity (Wildman–Crippen MR) is 105 cm³/mol. The number of ether oxygens (including phenoxy) is 1. The number of carbonyl (C=O) groups is 1. The predicted octanol–water partition coefficient (Wildman–Crippen LogP) is 4.82. The highest BCUT2D eigenvalue weighted by molar-refractivity contribution is 6.32. The van der Waals surface area contributed by atoms with E-state index in [4.69, 9.17) is 16.3 Å². The van der Waals surface area contributed by atoms with Crippen LogP contribution in [-0.2, 0) is 7.05 Å². The number of rotatable bonds is 5. The molecule has 0 radical (unpaired) electrons. The summed E-state index contributed by atoms with van der Waals surface area (Å²) >= 11 is 6.25. The van der Waals surface area contributed by atoms with Crippen molar-refractivity contribution in [3.05, 3.63) is 52.8 Å². The smallest absolute Gasteiger partial charge is 0.255 e. The monoisotopic (exact) mass is 371 g/mol. The minimum atomic E-state index is -0.206. The molecule has 0 saturated carbocycles. The molecule has 1 N–H and O–H groups in total. The van der Waals surface area contributed by atoms with Crippen molar-refractivity contribution in [2.45, 2.75) is 20.8 Å². The van der Waals surface area contributed by atoms with Crippen molar-refractivity contribution in [3.63, 3.8) is 0 Å². The van der Waals surface area contributed by atoms with Gasteiger partial charge in [0, 0.05) is 18.3 Å². The van der Waals surface area contributed by atoms with Crippen molar-refractivity contribution in [1.82, 2.24) is 9.55 Å². The second-order valence-corrected chi connectivity index (χ2v) is 7.13. The first-order valence-electron chi connectivity index (χ1n) is 8.52. The van der Waals surface area contributed by atoms with Crippen LogP contribution in [0.5, 0.6) is 5.75 Å². The summed E-state index contributed by atoms with van der Waals surface area (Å²) in [5, 5.41) is 3.34. The Labute approximate surface area is 157 Å². The van der Waals surface area contributed by atoms with Crippen molar-refractivity contribution in [3.8, 4) is 5.75 Å². The second-order valence-electron chi connectivity index (χ2n) is 6.73. The molecule has 1 heterocycles. The highest BCUT2D eigenvalue weighted by Crippen LogP contribution is 2.28. The molecule has 1 aromatic heterocycles. The number of aromatic nitrogens is 2. The Bertz CT molecular complexity index is 963. The maximum atomic E-state index is 12.5. The van der Waals surface area contributed by atoms with Gasteiger partial charge < -0.3 is 14.6 Å². The molecule has 0 unspecified atom stereocenters. The number of hydrogen-bond donors (Lipinski definition) is 1. The first-order chi connectivity index (χ1) is 12.3. The van der Waals surface area contributed by atoms with Crippen LogP contribution in [0.2, 0.25) is 5.02 Å². The zero-order chi connectivity index (χ0) is 18.8. The maximum absolute atomic E-state index is 12.5. The van der Waals surface area contributed by atoms with E-state index >= 15 is 0 Å². The van der Waals surface area contributed by atoms with Crippen molar-refractivity contribution in [2.24, 2.45) is 13.0 Å². The van der Waals surface area contributed by atoms with Crippen LogP contribution in [0.3, 0.4) is 0 Å². The summed E-state index contributed by atoms with van der Waals surface area (Å²) in [6.07, 6.45) is 0. The number of anilines is 1. The lowest BCUT2D eigenvalue weighted by Gasteiger charge is -2.12. The Morgan fingerprint density at radius 3 is 2.73 bits per heavy atom. The summed E-state index contributed by atoms with van der Waals surface area (Å²) < 4.78 is 7.64. The van der Waals surface area contributed by atoms with Gasteiger partial charge in [-0.05, 0) is 49.2 Å². The molecule has 0 fully saturated rings. The fourth-order valence-corrected chi connectivity index (χ4v) is 2.85. The van der Waals surface area contributed by atoms with Crippen molar-refractivity contribution in [2.75, 3.05) is 11.9 Å². The number of aryl methyl sites for hydroxylation is 2. The molecule has 3 rings (SSSR count). The van der Waals surface area contributed by atoms with E-state index < -0.39 is 0 Å². The molecule has 2 aromatic carbocycles. The average Bonchev–Trinajstić information content (AvgIpc) is 2.87. The Morgan fingerprint density at radius 2 is 2.04 bits per heavy atom. The summed E-state index contributed by atoms with van der Waals surface area (Å²) in [7, 11) is 1.95. The number of imidazole rings is 1. The number of hydrogen-bond acceptors (Lipinski definition) is 3. The Kier molecular flexibility index (Phi) is 5.18. The first kappa shape index (κ1) is 18.3. The molecule has 0 aliphatic rings. The lowest BCUT2D eigenvalue weighted by molar-refractivity contribution is 0.102. The van der Waals surface area contributed by atoms with Gasteiger partial charge in [0.25, 0.3) is 5.91 Å². The highest BCUT2D eigenvalue weighted by atomic mass is 35.5. The molecule has 0 saturated heterocycles. The van der Waals surface area contributed by atoms with Gasteiger partial charge in [-0.15, -0.1) is 0 Å². The van der Waals surface area contributed by atoms with Gasteiger partial charge in [0.05, 0.1) is 22.7 Å². The Balaban J connectivity index is 1.76. The van der Waals surface area contributed by atoms with Gasteiger partial charge in [0.1, 0.15) is 11.6 Å². The van der Waals surface area contributed by atoms with Crippen molar-refractivity contribution >= 4 is 34.2 Å². The van der Waals surface area contributed by atoms with E-state index in [0.29, 0.717) is 34.5 Å². The van der Waals surface area contributed by atoms with Crippen LogP contribution in [-0.4, -0.2) is 22.1 Å². The van der Waals surface area contributed by atoms with Crippen LogP contribution >= 0.6 is 11.6 Å². The van der Waals surface area contributed by atoms with Gasteiger partial charge in [-0.3, -0.25) is 4.79 Å². The van der Waals surface area contributed by atoms with Gasteiger partial charge in [-0.25, -0.2) is 4.98 Å². The van der Waals surface area contributed by atoms with E-state index in [1.807, 2.05) is 24.6 Å². The Hall–Kier alpha value is -2.53. The molecule has 136 valence electrons. The van der Waals surface area contributed by atoms with Crippen LogP contribution < -0.4 is 10.1 Å². The van der Waals surface area contributed by atoms with E-state index in [0.717, 1.165) is 16.9 Å². The standard InChI is InChI=1S/C20H22ClN3O2/c1-12(2)11-26-19-8-6-15(10-16(19)21)23-20(25)14-5-7-18-17(9-14)22-13(3)24(18)4/h5-10,12H,11H2,1-4H3,(H,23,25). The zero-order valence-electron chi connectivity index (χ0n) is 15.3. The van der Waals surface area contributed by atoms with Crippen LogP contribution in [0.1, 0.15) is 30.0 Å². The molecular formula is C20H22ClN3O2. The second kappa shape index (κ2) is 7.38. The third-order valence-corrected chi connectivity index (χ3v) is 4.42. The molecule has 0 spiro atoms. The van der Waals surface area contributed by atoms with Crippen molar-refractivity contribution < 1.29 is 9.53 Å². The molecule has 5 nitrogen and oxygen atoms in total. The maximum Gasteiger partial charge on any atom is 0.255 e. The van der Waals surface area contributed by atoms with E-state index in [-0.39, 0.29) is 5.91 Å². The molecule has 6 heteroatoms. The van der Waals surface area contributed by atoms with Crippen LogP contribution in [0.4, 0.5) is 5.69 Å². The minimum absolute atomic E-state index is 0.206. The number of fused-ring (bicyclic) bond motifs is 1. The van der Waals surface area contributed by atoms with Gasteiger partial charge in [0.2, 0.25) is 0 Å². The van der Waals surface area contributed by atoms with E-state index in [9.17, 15) is 4.79 Å². The van der Waals surface area contributed by atoms with Crippen LogP contribution in [0.25, 0.3) is 11.0 Å². The average molecular weight is 372 g/mol. The fourth-order valence-electron chi connectivity index (χ4n) is 2.62. The largest absolute Gasteiger partial charge is 0.492 e. The number of benzene rings is 2.